The highest BCUT2D eigenvalue weighted by Crippen LogP contribution is 2.11. The molecule has 0 radical (unpaired) electrons. The first-order chi connectivity index (χ1) is 8.58. The van der Waals surface area contributed by atoms with Gasteiger partial charge in [-0.15, -0.1) is 0 Å². The molecular formula is C12H11BrN2O2S. The number of nitrogens with one attached hydrogen (secondary N) is 1. The second-order valence-electron chi connectivity index (χ2n) is 3.62. The number of aromatic nitrogens is 1. The average molecular weight is 327 g/mol. The molecule has 0 saturated heterocycles. The van der Waals surface area contributed by atoms with Crippen LogP contribution in [-0.4, -0.2) is 13.4 Å². The van der Waals surface area contributed by atoms with Gasteiger partial charge in [0.2, 0.25) is 0 Å². The van der Waals surface area contributed by atoms with Crippen molar-refractivity contribution in [1.29, 1.82) is 0 Å². The molecule has 18 heavy (non-hydrogen) atoms. The van der Waals surface area contributed by atoms with Crippen LogP contribution in [-0.2, 0) is 16.6 Å². The number of benzene rings is 1. The fraction of sp³-hybridized carbons (Fsp3) is 0.0833. The van der Waals surface area contributed by atoms with Crippen LogP contribution in [0.2, 0.25) is 0 Å². The molecule has 0 aliphatic rings. The summed E-state index contributed by atoms with van der Waals surface area (Å²) >= 11 is 3.32. The molecule has 0 bridgehead atoms. The predicted octanol–water partition coefficient (Wildman–Crippen LogP) is 2.32. The lowest BCUT2D eigenvalue weighted by molar-refractivity contribution is 0.577. The smallest absolute Gasteiger partial charge is 0.243 e. The van der Waals surface area contributed by atoms with Gasteiger partial charge in [0.25, 0.3) is 10.0 Å². The van der Waals surface area contributed by atoms with Gasteiger partial charge < -0.3 is 0 Å². The Balaban J connectivity index is 2.08. The lowest BCUT2D eigenvalue weighted by atomic mass is 10.2. The lowest BCUT2D eigenvalue weighted by Crippen LogP contribution is -2.24. The maximum absolute atomic E-state index is 11.9. The van der Waals surface area contributed by atoms with E-state index in [0.29, 0.717) is 0 Å². The van der Waals surface area contributed by atoms with Crippen molar-refractivity contribution in [2.24, 2.45) is 0 Å². The van der Waals surface area contributed by atoms with Crippen LogP contribution < -0.4 is 4.72 Å². The topological polar surface area (TPSA) is 59.1 Å². The van der Waals surface area contributed by atoms with Crippen molar-refractivity contribution >= 4 is 26.0 Å². The van der Waals surface area contributed by atoms with Crippen molar-refractivity contribution in [3.05, 3.63) is 58.7 Å². The van der Waals surface area contributed by atoms with E-state index < -0.39 is 10.0 Å². The Hall–Kier alpha value is -1.24. The summed E-state index contributed by atoms with van der Waals surface area (Å²) in [5.41, 5.74) is 0.887. The van der Waals surface area contributed by atoms with Crippen LogP contribution in [0.15, 0.2) is 58.2 Å². The number of halogens is 1. The van der Waals surface area contributed by atoms with Crippen molar-refractivity contribution in [2.45, 2.75) is 11.6 Å². The van der Waals surface area contributed by atoms with Gasteiger partial charge in [-0.1, -0.05) is 34.1 Å². The van der Waals surface area contributed by atoms with E-state index in [-0.39, 0.29) is 11.6 Å². The van der Waals surface area contributed by atoms with Crippen molar-refractivity contribution in [3.8, 4) is 0 Å². The molecule has 0 amide bonds. The Morgan fingerprint density at radius 2 is 1.83 bits per heavy atom. The summed E-state index contributed by atoms with van der Waals surface area (Å²) in [6.45, 7) is 0.242. The Kier molecular flexibility index (Phi) is 4.11. The molecule has 0 aliphatic carbocycles. The molecule has 1 aromatic heterocycles. The molecule has 1 aromatic carbocycles. The van der Waals surface area contributed by atoms with Crippen molar-refractivity contribution in [2.75, 3.05) is 0 Å². The van der Waals surface area contributed by atoms with Crippen LogP contribution in [0.25, 0.3) is 0 Å². The van der Waals surface area contributed by atoms with Gasteiger partial charge in [0.05, 0.1) is 0 Å². The van der Waals surface area contributed by atoms with Crippen molar-refractivity contribution < 1.29 is 8.42 Å². The summed E-state index contributed by atoms with van der Waals surface area (Å²) in [4.78, 5) is 3.82. The van der Waals surface area contributed by atoms with Crippen molar-refractivity contribution in [3.63, 3.8) is 0 Å². The second-order valence-corrected chi connectivity index (χ2v) is 6.25. The summed E-state index contributed by atoms with van der Waals surface area (Å²) in [7, 11) is -3.54. The van der Waals surface area contributed by atoms with Crippen LogP contribution in [0, 0.1) is 0 Å². The molecule has 94 valence electrons. The molecule has 0 fully saturated rings. The molecule has 1 heterocycles. The quantitative estimate of drug-likeness (QED) is 0.938. The SMILES string of the molecule is O=S(=O)(NCc1ccc(Br)cc1)c1ccccn1. The van der Waals surface area contributed by atoms with E-state index in [1.807, 2.05) is 24.3 Å². The summed E-state index contributed by atoms with van der Waals surface area (Å²) in [6.07, 6.45) is 1.45. The van der Waals surface area contributed by atoms with Gasteiger partial charge in [-0.05, 0) is 29.8 Å². The number of rotatable bonds is 4. The third-order valence-electron chi connectivity index (χ3n) is 2.29. The summed E-state index contributed by atoms with van der Waals surface area (Å²) in [5, 5.41) is 0.0297. The first kappa shape index (κ1) is 13.2. The first-order valence-corrected chi connectivity index (χ1v) is 7.51. The number of sulfonamides is 1. The Labute approximate surface area is 114 Å². The minimum absolute atomic E-state index is 0.0297. The van der Waals surface area contributed by atoms with Gasteiger partial charge in [0.15, 0.2) is 5.03 Å². The Bertz CT molecular complexity index is 612. The fourth-order valence-corrected chi connectivity index (χ4v) is 2.59. The zero-order valence-corrected chi connectivity index (χ0v) is 11.8. The van der Waals surface area contributed by atoms with E-state index in [9.17, 15) is 8.42 Å². The standard InChI is InChI=1S/C12H11BrN2O2S/c13-11-6-4-10(5-7-11)9-15-18(16,17)12-3-1-2-8-14-12/h1-8,15H,9H2. The normalized spacial score (nSPS) is 11.4. The van der Waals surface area contributed by atoms with Gasteiger partial charge in [0, 0.05) is 17.2 Å². The molecule has 1 N–H and O–H groups in total. The van der Waals surface area contributed by atoms with Gasteiger partial charge in [-0.3, -0.25) is 0 Å². The molecule has 2 rings (SSSR count). The number of hydrogen-bond donors (Lipinski definition) is 1. The minimum atomic E-state index is -3.54. The summed E-state index contributed by atoms with van der Waals surface area (Å²) < 4.78 is 27.2. The monoisotopic (exact) mass is 326 g/mol. The highest BCUT2D eigenvalue weighted by molar-refractivity contribution is 9.10. The van der Waals surface area contributed by atoms with E-state index >= 15 is 0 Å². The van der Waals surface area contributed by atoms with Gasteiger partial charge in [0.1, 0.15) is 0 Å². The predicted molar refractivity (Wildman–Crippen MR) is 72.4 cm³/mol. The maximum atomic E-state index is 11.9. The van der Waals surface area contributed by atoms with Gasteiger partial charge in [-0.25, -0.2) is 18.1 Å². The van der Waals surface area contributed by atoms with Gasteiger partial charge >= 0.3 is 0 Å². The van der Waals surface area contributed by atoms with E-state index in [0.717, 1.165) is 10.0 Å². The largest absolute Gasteiger partial charge is 0.258 e. The van der Waals surface area contributed by atoms with E-state index in [1.54, 1.807) is 12.1 Å². The molecule has 4 nitrogen and oxygen atoms in total. The highest BCUT2D eigenvalue weighted by Gasteiger charge is 2.14. The second kappa shape index (κ2) is 5.60. The molecule has 0 saturated carbocycles. The Morgan fingerprint density at radius 1 is 1.11 bits per heavy atom. The summed E-state index contributed by atoms with van der Waals surface area (Å²) in [6, 6.07) is 12.2. The molecular weight excluding hydrogens is 316 g/mol. The van der Waals surface area contributed by atoms with Crippen LogP contribution >= 0.6 is 15.9 Å². The highest BCUT2D eigenvalue weighted by atomic mass is 79.9. The average Bonchev–Trinajstić information content (AvgIpc) is 2.39. The Morgan fingerprint density at radius 3 is 2.44 bits per heavy atom. The molecule has 0 spiro atoms. The number of nitrogens with zero attached hydrogens (tertiary/aromatic N) is 1. The first-order valence-electron chi connectivity index (χ1n) is 5.23. The van der Waals surface area contributed by atoms with Gasteiger partial charge in [-0.2, -0.15) is 0 Å². The van der Waals surface area contributed by atoms with Crippen LogP contribution in [0.5, 0.6) is 0 Å². The van der Waals surface area contributed by atoms with Crippen LogP contribution in [0.1, 0.15) is 5.56 Å². The lowest BCUT2D eigenvalue weighted by Gasteiger charge is -2.05. The zero-order valence-electron chi connectivity index (χ0n) is 9.38. The fourth-order valence-electron chi connectivity index (χ4n) is 1.36. The minimum Gasteiger partial charge on any atom is -0.243 e. The number of hydrogen-bond acceptors (Lipinski definition) is 3. The third-order valence-corrected chi connectivity index (χ3v) is 4.14. The number of pyridine rings is 1. The van der Waals surface area contributed by atoms with E-state index in [4.69, 9.17) is 0 Å². The molecule has 0 aliphatic heterocycles. The van der Waals surface area contributed by atoms with E-state index in [2.05, 4.69) is 25.6 Å². The summed E-state index contributed by atoms with van der Waals surface area (Å²) in [5.74, 6) is 0. The zero-order chi connectivity index (χ0) is 13.0. The molecule has 6 heteroatoms. The third kappa shape index (κ3) is 3.38. The van der Waals surface area contributed by atoms with E-state index in [1.165, 1.54) is 12.3 Å². The molecule has 2 aromatic rings. The maximum Gasteiger partial charge on any atom is 0.258 e. The molecule has 0 atom stereocenters. The van der Waals surface area contributed by atoms with Crippen LogP contribution in [0.3, 0.4) is 0 Å². The molecule has 0 unspecified atom stereocenters. The van der Waals surface area contributed by atoms with Crippen LogP contribution in [0.4, 0.5) is 0 Å². The van der Waals surface area contributed by atoms with Crippen molar-refractivity contribution in [1.82, 2.24) is 9.71 Å².